The van der Waals surface area contributed by atoms with Gasteiger partial charge in [-0.2, -0.15) is 0 Å². The topological polar surface area (TPSA) is 76.8 Å². The molecule has 0 atom stereocenters. The van der Waals surface area contributed by atoms with Crippen LogP contribution in [-0.2, 0) is 21.4 Å². The van der Waals surface area contributed by atoms with Crippen molar-refractivity contribution >= 4 is 16.0 Å². The van der Waals surface area contributed by atoms with Crippen LogP contribution in [0.2, 0.25) is 0 Å². The third-order valence-electron chi connectivity index (χ3n) is 3.98. The largest absolute Gasteiger partial charge is 0.455 e. The van der Waals surface area contributed by atoms with Crippen molar-refractivity contribution < 1.29 is 26.8 Å². The van der Waals surface area contributed by atoms with E-state index in [2.05, 4.69) is 0 Å². The summed E-state index contributed by atoms with van der Waals surface area (Å²) < 4.78 is 49.2. The van der Waals surface area contributed by atoms with Crippen molar-refractivity contribution in [2.75, 3.05) is 14.1 Å². The van der Waals surface area contributed by atoms with Gasteiger partial charge >= 0.3 is 5.97 Å². The van der Waals surface area contributed by atoms with Crippen molar-refractivity contribution in [2.45, 2.75) is 11.5 Å². The summed E-state index contributed by atoms with van der Waals surface area (Å²) in [4.78, 5) is 12.3. The van der Waals surface area contributed by atoms with Crippen LogP contribution in [0, 0.1) is 5.82 Å². The highest BCUT2D eigenvalue weighted by molar-refractivity contribution is 7.89. The third-order valence-corrected chi connectivity index (χ3v) is 5.79. The van der Waals surface area contributed by atoms with E-state index in [-0.39, 0.29) is 23.1 Å². The lowest BCUT2D eigenvalue weighted by molar-refractivity contribution is 0.0437. The van der Waals surface area contributed by atoms with E-state index < -0.39 is 16.0 Å². The van der Waals surface area contributed by atoms with Gasteiger partial charge in [-0.05, 0) is 54.1 Å². The molecule has 0 spiro atoms. The molecule has 0 radical (unpaired) electrons. The Kier molecular flexibility index (Phi) is 5.62. The number of carbonyl (C=O) groups excluding carboxylic acids is 1. The Morgan fingerprint density at radius 2 is 1.79 bits per heavy atom. The summed E-state index contributed by atoms with van der Waals surface area (Å²) in [5.74, 6) is -0.648. The molecule has 3 aromatic rings. The first-order valence-electron chi connectivity index (χ1n) is 8.32. The maximum atomic E-state index is 13.0. The van der Waals surface area contributed by atoms with Crippen molar-refractivity contribution in [2.24, 2.45) is 0 Å². The normalized spacial score (nSPS) is 11.6. The van der Waals surface area contributed by atoms with Gasteiger partial charge in [0.1, 0.15) is 18.2 Å². The Hall–Kier alpha value is -2.97. The summed E-state index contributed by atoms with van der Waals surface area (Å²) in [6.45, 7) is -0.109. The first-order chi connectivity index (χ1) is 13.3. The zero-order valence-electron chi connectivity index (χ0n) is 15.3. The number of carbonyl (C=O) groups is 1. The van der Waals surface area contributed by atoms with Gasteiger partial charge in [0.25, 0.3) is 0 Å². The maximum absolute atomic E-state index is 13.0. The number of rotatable bonds is 6. The van der Waals surface area contributed by atoms with Gasteiger partial charge < -0.3 is 9.15 Å². The number of halogens is 1. The molecule has 0 saturated heterocycles. The summed E-state index contributed by atoms with van der Waals surface area (Å²) >= 11 is 0. The van der Waals surface area contributed by atoms with Crippen LogP contribution in [0.25, 0.3) is 11.3 Å². The Bertz CT molecular complexity index is 1090. The lowest BCUT2D eigenvalue weighted by atomic mass is 10.2. The molecule has 3 rings (SSSR count). The zero-order chi connectivity index (χ0) is 20.3. The van der Waals surface area contributed by atoms with E-state index >= 15 is 0 Å². The molecule has 146 valence electrons. The van der Waals surface area contributed by atoms with Crippen molar-refractivity contribution in [1.29, 1.82) is 0 Å². The number of esters is 1. The van der Waals surface area contributed by atoms with E-state index in [1.54, 1.807) is 30.3 Å². The lowest BCUT2D eigenvalue weighted by Crippen LogP contribution is -2.22. The number of ether oxygens (including phenoxy) is 1. The highest BCUT2D eigenvalue weighted by Gasteiger charge is 2.18. The minimum absolute atomic E-state index is 0.00334. The van der Waals surface area contributed by atoms with E-state index in [1.807, 2.05) is 0 Å². The molecule has 0 aliphatic carbocycles. The van der Waals surface area contributed by atoms with Gasteiger partial charge in [0.05, 0.1) is 4.90 Å². The van der Waals surface area contributed by atoms with Crippen LogP contribution >= 0.6 is 0 Å². The smallest absolute Gasteiger partial charge is 0.374 e. The van der Waals surface area contributed by atoms with Crippen LogP contribution in [0.1, 0.15) is 16.1 Å². The van der Waals surface area contributed by atoms with Crippen LogP contribution in [0.5, 0.6) is 0 Å². The van der Waals surface area contributed by atoms with Crippen molar-refractivity contribution in [3.63, 3.8) is 0 Å². The second kappa shape index (κ2) is 7.95. The summed E-state index contributed by atoms with van der Waals surface area (Å²) in [5.41, 5.74) is 1.16. The van der Waals surface area contributed by atoms with Gasteiger partial charge in [-0.15, -0.1) is 0 Å². The van der Waals surface area contributed by atoms with Crippen LogP contribution in [0.4, 0.5) is 4.39 Å². The lowest BCUT2D eigenvalue weighted by Gasteiger charge is -2.12. The number of furan rings is 1. The second-order valence-electron chi connectivity index (χ2n) is 6.18. The van der Waals surface area contributed by atoms with Crippen LogP contribution in [0.15, 0.2) is 70.0 Å². The van der Waals surface area contributed by atoms with E-state index in [4.69, 9.17) is 9.15 Å². The highest BCUT2D eigenvalue weighted by Crippen LogP contribution is 2.23. The Labute approximate surface area is 162 Å². The number of hydrogen-bond donors (Lipinski definition) is 0. The number of hydrogen-bond acceptors (Lipinski definition) is 5. The molecule has 0 aliphatic heterocycles. The minimum Gasteiger partial charge on any atom is -0.455 e. The third kappa shape index (κ3) is 4.29. The molecule has 6 nitrogen and oxygen atoms in total. The summed E-state index contributed by atoms with van der Waals surface area (Å²) in [7, 11) is -0.689. The molecule has 1 heterocycles. The molecule has 0 amide bonds. The molecule has 0 aliphatic rings. The van der Waals surface area contributed by atoms with Gasteiger partial charge in [0, 0.05) is 19.7 Å². The zero-order valence-corrected chi connectivity index (χ0v) is 16.1. The SMILES string of the molecule is CN(C)S(=O)(=O)c1cccc(COC(=O)c2ccc(-c3ccc(F)cc3)o2)c1. The van der Waals surface area contributed by atoms with Gasteiger partial charge in [-0.3, -0.25) is 0 Å². The fraction of sp³-hybridized carbons (Fsp3) is 0.150. The second-order valence-corrected chi connectivity index (χ2v) is 8.33. The molecule has 0 fully saturated rings. The molecule has 1 aromatic heterocycles. The van der Waals surface area contributed by atoms with E-state index in [0.717, 1.165) is 4.31 Å². The first-order valence-corrected chi connectivity index (χ1v) is 9.76. The van der Waals surface area contributed by atoms with Gasteiger partial charge in [-0.25, -0.2) is 21.9 Å². The molecule has 8 heteroatoms. The molecule has 0 unspecified atom stereocenters. The number of sulfonamides is 1. The highest BCUT2D eigenvalue weighted by atomic mass is 32.2. The molecular weight excluding hydrogens is 385 g/mol. The molecular formula is C20H18FNO5S. The molecule has 2 aromatic carbocycles. The number of nitrogens with zero attached hydrogens (tertiary/aromatic N) is 1. The minimum atomic E-state index is -3.57. The Morgan fingerprint density at radius 3 is 2.46 bits per heavy atom. The quantitative estimate of drug-likeness (QED) is 0.587. The predicted octanol–water partition coefficient (Wildman–Crippen LogP) is 3.69. The van der Waals surface area contributed by atoms with Crippen LogP contribution < -0.4 is 0 Å². The molecule has 0 bridgehead atoms. The summed E-state index contributed by atoms with van der Waals surface area (Å²) in [6, 6.07) is 14.9. The average Bonchev–Trinajstić information content (AvgIpc) is 3.17. The van der Waals surface area contributed by atoms with Crippen molar-refractivity contribution in [3.05, 3.63) is 77.8 Å². The molecule has 0 saturated carbocycles. The van der Waals surface area contributed by atoms with Gasteiger partial charge in [-0.1, -0.05) is 12.1 Å². The predicted molar refractivity (Wildman–Crippen MR) is 101 cm³/mol. The van der Waals surface area contributed by atoms with Gasteiger partial charge in [0.15, 0.2) is 0 Å². The van der Waals surface area contributed by atoms with E-state index in [0.29, 0.717) is 16.9 Å². The van der Waals surface area contributed by atoms with Crippen LogP contribution in [0.3, 0.4) is 0 Å². The van der Waals surface area contributed by atoms with E-state index in [9.17, 15) is 17.6 Å². The monoisotopic (exact) mass is 403 g/mol. The molecule has 28 heavy (non-hydrogen) atoms. The number of benzene rings is 2. The molecule has 0 N–H and O–H groups in total. The fourth-order valence-electron chi connectivity index (χ4n) is 2.44. The van der Waals surface area contributed by atoms with E-state index in [1.165, 1.54) is 44.4 Å². The first kappa shape index (κ1) is 19.8. The van der Waals surface area contributed by atoms with Crippen molar-refractivity contribution in [3.8, 4) is 11.3 Å². The Morgan fingerprint density at radius 1 is 1.07 bits per heavy atom. The summed E-state index contributed by atoms with van der Waals surface area (Å²) in [5, 5.41) is 0. The van der Waals surface area contributed by atoms with Crippen molar-refractivity contribution in [1.82, 2.24) is 4.31 Å². The summed E-state index contributed by atoms with van der Waals surface area (Å²) in [6.07, 6.45) is 0. The average molecular weight is 403 g/mol. The van der Waals surface area contributed by atoms with Gasteiger partial charge in [0.2, 0.25) is 15.8 Å². The Balaban J connectivity index is 1.69. The fourth-order valence-corrected chi connectivity index (χ4v) is 3.42. The van der Waals surface area contributed by atoms with Crippen LogP contribution in [-0.4, -0.2) is 32.8 Å². The maximum Gasteiger partial charge on any atom is 0.374 e. The standard InChI is InChI=1S/C20H18FNO5S/c1-22(2)28(24,25)17-5-3-4-14(12-17)13-26-20(23)19-11-10-18(27-19)15-6-8-16(21)9-7-15/h3-12H,13H2,1-2H3.